The van der Waals surface area contributed by atoms with Crippen molar-refractivity contribution in [1.82, 2.24) is 0 Å². The molecular weight excluding hydrogens is 128 g/mol. The zero-order valence-electron chi connectivity index (χ0n) is 6.61. The van der Waals surface area contributed by atoms with Gasteiger partial charge >= 0.3 is 0 Å². The number of allylic oxidation sites excluding steroid dienone is 1. The second kappa shape index (κ2) is 3.85. The van der Waals surface area contributed by atoms with E-state index in [1.54, 1.807) is 7.11 Å². The van der Waals surface area contributed by atoms with Gasteiger partial charge in [0.05, 0.1) is 0 Å². The van der Waals surface area contributed by atoms with E-state index in [0.29, 0.717) is 0 Å². The Labute approximate surface area is 58.9 Å². The van der Waals surface area contributed by atoms with Gasteiger partial charge in [-0.3, -0.25) is 0 Å². The first-order chi connectivity index (χ1) is 4.12. The topological polar surface area (TPSA) is 9.23 Å². The third-order valence-electron chi connectivity index (χ3n) is 1.50. The molecule has 0 aliphatic heterocycles. The van der Waals surface area contributed by atoms with Crippen LogP contribution in [0.2, 0.25) is 19.1 Å². The molecule has 9 heavy (non-hydrogen) atoms. The van der Waals surface area contributed by atoms with Gasteiger partial charge in [0.2, 0.25) is 0 Å². The highest BCUT2D eigenvalue weighted by atomic mass is 28.4. The van der Waals surface area contributed by atoms with E-state index in [-0.39, 0.29) is 0 Å². The van der Waals surface area contributed by atoms with E-state index in [1.807, 2.05) is 6.08 Å². The van der Waals surface area contributed by atoms with Crippen LogP contribution in [-0.2, 0) is 4.43 Å². The van der Waals surface area contributed by atoms with Crippen molar-refractivity contribution < 1.29 is 4.43 Å². The average Bonchev–Trinajstić information content (AvgIpc) is 1.84. The minimum Gasteiger partial charge on any atom is -0.420 e. The van der Waals surface area contributed by atoms with Crippen molar-refractivity contribution in [3.05, 3.63) is 12.7 Å². The van der Waals surface area contributed by atoms with Crippen LogP contribution in [0.1, 0.15) is 6.42 Å². The Bertz CT molecular complexity index is 88.9. The van der Waals surface area contributed by atoms with Crippen LogP contribution in [0, 0.1) is 0 Å². The van der Waals surface area contributed by atoms with Crippen molar-refractivity contribution in [3.63, 3.8) is 0 Å². The summed E-state index contributed by atoms with van der Waals surface area (Å²) in [6.45, 7) is 8.10. The first-order valence-electron chi connectivity index (χ1n) is 3.28. The minimum atomic E-state index is -1.27. The second-order valence-electron chi connectivity index (χ2n) is 2.79. The molecule has 0 heterocycles. The third kappa shape index (κ3) is 4.42. The van der Waals surface area contributed by atoms with Gasteiger partial charge in [0, 0.05) is 7.11 Å². The fourth-order valence-corrected chi connectivity index (χ4v) is 1.66. The van der Waals surface area contributed by atoms with Gasteiger partial charge in [0.1, 0.15) is 0 Å². The number of hydrogen-bond acceptors (Lipinski definition) is 1. The Balaban J connectivity index is 3.44. The molecule has 0 radical (unpaired) electrons. The van der Waals surface area contributed by atoms with Crippen molar-refractivity contribution in [1.29, 1.82) is 0 Å². The van der Waals surface area contributed by atoms with Crippen molar-refractivity contribution in [2.45, 2.75) is 25.6 Å². The summed E-state index contributed by atoms with van der Waals surface area (Å²) in [6, 6.07) is 1.19. The normalized spacial score (nSPS) is 11.4. The molecule has 2 heteroatoms. The highest BCUT2D eigenvalue weighted by Gasteiger charge is 2.18. The molecule has 0 aromatic heterocycles. The summed E-state index contributed by atoms with van der Waals surface area (Å²) in [5.41, 5.74) is 0. The van der Waals surface area contributed by atoms with Gasteiger partial charge in [-0.25, -0.2) is 0 Å². The third-order valence-corrected chi connectivity index (χ3v) is 4.10. The van der Waals surface area contributed by atoms with E-state index < -0.39 is 8.32 Å². The molecule has 54 valence electrons. The van der Waals surface area contributed by atoms with Crippen LogP contribution in [0.15, 0.2) is 12.7 Å². The molecule has 0 spiro atoms. The lowest BCUT2D eigenvalue weighted by Crippen LogP contribution is -2.27. The Hall–Kier alpha value is -0.0831. The molecule has 0 unspecified atom stereocenters. The number of rotatable bonds is 4. The molecule has 0 saturated carbocycles. The van der Waals surface area contributed by atoms with Gasteiger partial charge < -0.3 is 4.43 Å². The van der Waals surface area contributed by atoms with Crippen LogP contribution >= 0.6 is 0 Å². The van der Waals surface area contributed by atoms with Crippen LogP contribution in [0.25, 0.3) is 0 Å². The summed E-state index contributed by atoms with van der Waals surface area (Å²) in [4.78, 5) is 0. The molecular formula is C7H16OSi. The molecule has 0 bridgehead atoms. The fraction of sp³-hybridized carbons (Fsp3) is 0.714. The summed E-state index contributed by atoms with van der Waals surface area (Å²) in [5.74, 6) is 0. The molecule has 0 saturated heterocycles. The molecule has 0 fully saturated rings. The largest absolute Gasteiger partial charge is 0.420 e. The van der Waals surface area contributed by atoms with Crippen LogP contribution < -0.4 is 0 Å². The molecule has 0 aliphatic rings. The van der Waals surface area contributed by atoms with E-state index in [2.05, 4.69) is 19.7 Å². The first-order valence-corrected chi connectivity index (χ1v) is 6.40. The molecule has 0 atom stereocenters. The summed E-state index contributed by atoms with van der Waals surface area (Å²) in [5, 5.41) is 0. The molecule has 0 rings (SSSR count). The standard InChI is InChI=1S/C7H16OSi/c1-5-6-7-9(3,4)8-2/h5H,1,6-7H2,2-4H3. The number of hydrogen-bond donors (Lipinski definition) is 0. The van der Waals surface area contributed by atoms with Crippen molar-refractivity contribution in [2.24, 2.45) is 0 Å². The van der Waals surface area contributed by atoms with E-state index in [1.165, 1.54) is 6.04 Å². The van der Waals surface area contributed by atoms with Crippen LogP contribution in [0.5, 0.6) is 0 Å². The maximum absolute atomic E-state index is 5.33. The summed E-state index contributed by atoms with van der Waals surface area (Å²) in [6.07, 6.45) is 3.04. The highest BCUT2D eigenvalue weighted by Crippen LogP contribution is 2.11. The lowest BCUT2D eigenvalue weighted by atomic mass is 10.5. The molecule has 0 amide bonds. The van der Waals surface area contributed by atoms with E-state index >= 15 is 0 Å². The van der Waals surface area contributed by atoms with Crippen LogP contribution in [0.3, 0.4) is 0 Å². The van der Waals surface area contributed by atoms with Crippen LogP contribution in [0.4, 0.5) is 0 Å². The van der Waals surface area contributed by atoms with Gasteiger partial charge in [-0.2, -0.15) is 0 Å². The minimum absolute atomic E-state index is 1.09. The first kappa shape index (κ1) is 8.92. The zero-order chi connectivity index (χ0) is 7.33. The summed E-state index contributed by atoms with van der Waals surface area (Å²) >= 11 is 0. The Morgan fingerprint density at radius 1 is 1.56 bits per heavy atom. The van der Waals surface area contributed by atoms with Gasteiger partial charge in [-0.05, 0) is 25.6 Å². The van der Waals surface area contributed by atoms with Crippen LogP contribution in [-0.4, -0.2) is 15.4 Å². The van der Waals surface area contributed by atoms with Gasteiger partial charge in [0.25, 0.3) is 0 Å². The highest BCUT2D eigenvalue weighted by molar-refractivity contribution is 6.71. The second-order valence-corrected chi connectivity index (χ2v) is 7.22. The van der Waals surface area contributed by atoms with Crippen molar-refractivity contribution in [2.75, 3.05) is 7.11 Å². The summed E-state index contributed by atoms with van der Waals surface area (Å²) in [7, 11) is 0.531. The monoisotopic (exact) mass is 144 g/mol. The predicted octanol–water partition coefficient (Wildman–Crippen LogP) is 2.41. The molecule has 0 aliphatic carbocycles. The molecule has 0 aromatic carbocycles. The van der Waals surface area contributed by atoms with E-state index in [0.717, 1.165) is 6.42 Å². The Morgan fingerprint density at radius 3 is 2.44 bits per heavy atom. The van der Waals surface area contributed by atoms with Gasteiger partial charge in [-0.1, -0.05) is 6.08 Å². The lowest BCUT2D eigenvalue weighted by molar-refractivity contribution is 0.403. The lowest BCUT2D eigenvalue weighted by Gasteiger charge is -2.18. The fourth-order valence-electron chi connectivity index (χ4n) is 0.552. The molecule has 0 aromatic rings. The zero-order valence-corrected chi connectivity index (χ0v) is 7.61. The van der Waals surface area contributed by atoms with Gasteiger partial charge in [0.15, 0.2) is 8.32 Å². The maximum atomic E-state index is 5.33. The Morgan fingerprint density at radius 2 is 2.11 bits per heavy atom. The maximum Gasteiger partial charge on any atom is 0.186 e. The van der Waals surface area contributed by atoms with E-state index in [4.69, 9.17) is 4.43 Å². The quantitative estimate of drug-likeness (QED) is 0.435. The molecule has 0 N–H and O–H groups in total. The van der Waals surface area contributed by atoms with Crippen molar-refractivity contribution in [3.8, 4) is 0 Å². The Kier molecular flexibility index (Phi) is 3.82. The summed E-state index contributed by atoms with van der Waals surface area (Å²) < 4.78 is 5.33. The molecule has 1 nitrogen and oxygen atoms in total. The predicted molar refractivity (Wildman–Crippen MR) is 44.1 cm³/mol. The van der Waals surface area contributed by atoms with E-state index in [9.17, 15) is 0 Å². The van der Waals surface area contributed by atoms with Crippen molar-refractivity contribution >= 4 is 8.32 Å². The average molecular weight is 144 g/mol. The smallest absolute Gasteiger partial charge is 0.186 e. The SMILES string of the molecule is C=CCC[Si](C)(C)OC. The van der Waals surface area contributed by atoms with Gasteiger partial charge in [-0.15, -0.1) is 6.58 Å².